The third-order valence-electron chi connectivity index (χ3n) is 3.04. The molecule has 2 unspecified atom stereocenters. The molecule has 1 N–H and O–H groups in total. The van der Waals surface area contributed by atoms with Crippen LogP contribution in [0.3, 0.4) is 0 Å². The molecular formula is C13H18O2. The van der Waals surface area contributed by atoms with Crippen LogP contribution in [0.5, 0.6) is 5.75 Å². The van der Waals surface area contributed by atoms with Crippen molar-refractivity contribution in [2.45, 2.75) is 45.3 Å². The Morgan fingerprint density at radius 3 is 2.73 bits per heavy atom. The lowest BCUT2D eigenvalue weighted by atomic mass is 10.1. The summed E-state index contributed by atoms with van der Waals surface area (Å²) >= 11 is 0. The van der Waals surface area contributed by atoms with E-state index in [1.165, 1.54) is 5.56 Å². The van der Waals surface area contributed by atoms with Crippen LogP contribution in [0.1, 0.15) is 30.4 Å². The fourth-order valence-electron chi connectivity index (χ4n) is 2.04. The summed E-state index contributed by atoms with van der Waals surface area (Å²) in [6, 6.07) is 6.18. The Morgan fingerprint density at radius 1 is 1.27 bits per heavy atom. The van der Waals surface area contributed by atoms with Gasteiger partial charge in [0, 0.05) is 0 Å². The van der Waals surface area contributed by atoms with Gasteiger partial charge in [0.05, 0.1) is 6.10 Å². The lowest BCUT2D eigenvalue weighted by Gasteiger charge is -2.18. The van der Waals surface area contributed by atoms with E-state index in [-0.39, 0.29) is 12.2 Å². The molecule has 15 heavy (non-hydrogen) atoms. The third-order valence-corrected chi connectivity index (χ3v) is 3.04. The summed E-state index contributed by atoms with van der Waals surface area (Å²) in [7, 11) is 0. The minimum absolute atomic E-state index is 0.00880. The van der Waals surface area contributed by atoms with Gasteiger partial charge in [0.1, 0.15) is 11.9 Å². The number of benzene rings is 1. The Balaban J connectivity index is 2.12. The van der Waals surface area contributed by atoms with Crippen LogP contribution in [0.2, 0.25) is 0 Å². The first-order valence-corrected chi connectivity index (χ1v) is 5.59. The van der Waals surface area contributed by atoms with Crippen LogP contribution in [0.25, 0.3) is 0 Å². The van der Waals surface area contributed by atoms with Gasteiger partial charge in [-0.25, -0.2) is 0 Å². The van der Waals surface area contributed by atoms with Crippen molar-refractivity contribution in [2.24, 2.45) is 0 Å². The van der Waals surface area contributed by atoms with E-state index in [9.17, 15) is 5.11 Å². The molecule has 0 spiro atoms. The smallest absolute Gasteiger partial charge is 0.124 e. The van der Waals surface area contributed by atoms with Gasteiger partial charge < -0.3 is 9.84 Å². The largest absolute Gasteiger partial charge is 0.487 e. The molecule has 0 saturated heterocycles. The zero-order valence-corrected chi connectivity index (χ0v) is 9.36. The molecule has 1 aliphatic rings. The van der Waals surface area contributed by atoms with E-state index in [4.69, 9.17) is 4.74 Å². The SMILES string of the molecule is Cc1ccc(C)c(OC2CCCC2O)c1. The number of aryl methyl sites for hydroxylation is 2. The number of aliphatic hydroxyl groups is 1. The summed E-state index contributed by atoms with van der Waals surface area (Å²) in [6.07, 6.45) is 2.61. The van der Waals surface area contributed by atoms with Gasteiger partial charge in [-0.15, -0.1) is 0 Å². The van der Waals surface area contributed by atoms with Crippen LogP contribution in [-0.4, -0.2) is 17.3 Å². The second-order valence-corrected chi connectivity index (χ2v) is 4.42. The predicted molar refractivity (Wildman–Crippen MR) is 60.2 cm³/mol. The number of hydrogen-bond donors (Lipinski definition) is 1. The highest BCUT2D eigenvalue weighted by Crippen LogP contribution is 2.27. The molecule has 0 radical (unpaired) electrons. The Labute approximate surface area is 90.9 Å². The van der Waals surface area contributed by atoms with Gasteiger partial charge in [-0.1, -0.05) is 12.1 Å². The van der Waals surface area contributed by atoms with E-state index < -0.39 is 0 Å². The third kappa shape index (κ3) is 2.32. The zero-order chi connectivity index (χ0) is 10.8. The standard InChI is InChI=1S/C13H18O2/c1-9-6-7-10(2)13(8-9)15-12-5-3-4-11(12)14/h6-8,11-12,14H,3-5H2,1-2H3. The second kappa shape index (κ2) is 4.23. The summed E-state index contributed by atoms with van der Waals surface area (Å²) in [6.45, 7) is 4.09. The van der Waals surface area contributed by atoms with Gasteiger partial charge in [-0.2, -0.15) is 0 Å². The summed E-state index contributed by atoms with van der Waals surface area (Å²) in [5, 5.41) is 9.69. The van der Waals surface area contributed by atoms with Crippen LogP contribution < -0.4 is 4.74 Å². The lowest BCUT2D eigenvalue weighted by molar-refractivity contribution is 0.0599. The first-order chi connectivity index (χ1) is 7.16. The molecule has 1 aromatic carbocycles. The maximum Gasteiger partial charge on any atom is 0.124 e. The van der Waals surface area contributed by atoms with Crippen molar-refractivity contribution >= 4 is 0 Å². The lowest BCUT2D eigenvalue weighted by Crippen LogP contribution is -2.25. The van der Waals surface area contributed by atoms with Crippen molar-refractivity contribution in [1.29, 1.82) is 0 Å². The molecule has 82 valence electrons. The normalized spacial score (nSPS) is 25.5. The van der Waals surface area contributed by atoms with Crippen LogP contribution in [0, 0.1) is 13.8 Å². The average Bonchev–Trinajstić information content (AvgIpc) is 2.58. The van der Waals surface area contributed by atoms with E-state index >= 15 is 0 Å². The van der Waals surface area contributed by atoms with Gasteiger partial charge in [0.25, 0.3) is 0 Å². The van der Waals surface area contributed by atoms with Crippen molar-refractivity contribution in [3.05, 3.63) is 29.3 Å². The Bertz CT molecular complexity index is 346. The highest BCUT2D eigenvalue weighted by atomic mass is 16.5. The quantitative estimate of drug-likeness (QED) is 0.806. The van der Waals surface area contributed by atoms with Gasteiger partial charge >= 0.3 is 0 Å². The number of rotatable bonds is 2. The fourth-order valence-corrected chi connectivity index (χ4v) is 2.04. The molecule has 0 heterocycles. The van der Waals surface area contributed by atoms with E-state index in [0.29, 0.717) is 0 Å². The van der Waals surface area contributed by atoms with Gasteiger partial charge in [0.15, 0.2) is 0 Å². The van der Waals surface area contributed by atoms with E-state index in [2.05, 4.69) is 19.1 Å². The van der Waals surface area contributed by atoms with E-state index in [1.54, 1.807) is 0 Å². The predicted octanol–water partition coefficient (Wildman–Crippen LogP) is 2.60. The second-order valence-electron chi connectivity index (χ2n) is 4.42. The first kappa shape index (κ1) is 10.5. The van der Waals surface area contributed by atoms with Crippen molar-refractivity contribution in [1.82, 2.24) is 0 Å². The fraction of sp³-hybridized carbons (Fsp3) is 0.538. The molecule has 1 saturated carbocycles. The summed E-state index contributed by atoms with van der Waals surface area (Å²) in [5.41, 5.74) is 2.34. The zero-order valence-electron chi connectivity index (χ0n) is 9.36. The molecule has 1 fully saturated rings. The summed E-state index contributed by atoms with van der Waals surface area (Å²) in [5.74, 6) is 0.918. The Morgan fingerprint density at radius 2 is 2.07 bits per heavy atom. The Kier molecular flexibility index (Phi) is 2.96. The molecule has 2 rings (SSSR count). The van der Waals surface area contributed by atoms with Gasteiger partial charge in [-0.05, 0) is 50.3 Å². The van der Waals surface area contributed by atoms with Crippen LogP contribution >= 0.6 is 0 Å². The molecule has 1 aromatic rings. The summed E-state index contributed by atoms with van der Waals surface area (Å²) < 4.78 is 5.85. The highest BCUT2D eigenvalue weighted by molar-refractivity contribution is 5.36. The van der Waals surface area contributed by atoms with Crippen molar-refractivity contribution in [3.63, 3.8) is 0 Å². The minimum Gasteiger partial charge on any atom is -0.487 e. The van der Waals surface area contributed by atoms with Gasteiger partial charge in [0.2, 0.25) is 0 Å². The van der Waals surface area contributed by atoms with Gasteiger partial charge in [-0.3, -0.25) is 0 Å². The van der Waals surface area contributed by atoms with E-state index in [1.807, 2.05) is 13.0 Å². The number of aliphatic hydroxyl groups excluding tert-OH is 1. The molecule has 2 heteroatoms. The number of hydrogen-bond acceptors (Lipinski definition) is 2. The Hall–Kier alpha value is -1.02. The topological polar surface area (TPSA) is 29.5 Å². The molecule has 0 aliphatic heterocycles. The first-order valence-electron chi connectivity index (χ1n) is 5.59. The summed E-state index contributed by atoms with van der Waals surface area (Å²) in [4.78, 5) is 0. The van der Waals surface area contributed by atoms with Crippen molar-refractivity contribution in [3.8, 4) is 5.75 Å². The molecule has 2 atom stereocenters. The molecular weight excluding hydrogens is 188 g/mol. The molecule has 2 nitrogen and oxygen atoms in total. The molecule has 0 amide bonds. The minimum atomic E-state index is -0.287. The number of ether oxygens (including phenoxy) is 1. The van der Waals surface area contributed by atoms with Crippen molar-refractivity contribution in [2.75, 3.05) is 0 Å². The van der Waals surface area contributed by atoms with Crippen LogP contribution in [-0.2, 0) is 0 Å². The highest BCUT2D eigenvalue weighted by Gasteiger charge is 2.27. The van der Waals surface area contributed by atoms with Crippen LogP contribution in [0.4, 0.5) is 0 Å². The van der Waals surface area contributed by atoms with Crippen molar-refractivity contribution < 1.29 is 9.84 Å². The maximum atomic E-state index is 9.69. The average molecular weight is 206 g/mol. The maximum absolute atomic E-state index is 9.69. The molecule has 0 bridgehead atoms. The van der Waals surface area contributed by atoms with Crippen LogP contribution in [0.15, 0.2) is 18.2 Å². The van der Waals surface area contributed by atoms with E-state index in [0.717, 1.165) is 30.6 Å². The molecule has 1 aliphatic carbocycles. The monoisotopic (exact) mass is 206 g/mol. The molecule has 0 aromatic heterocycles.